The highest BCUT2D eigenvalue weighted by Gasteiger charge is 2.44. The first-order valence-electron chi connectivity index (χ1n) is 7.72. The van der Waals surface area contributed by atoms with Gasteiger partial charge in [-0.15, -0.1) is 0 Å². The molecule has 118 valence electrons. The van der Waals surface area contributed by atoms with Crippen molar-refractivity contribution < 1.29 is 19.4 Å². The highest BCUT2D eigenvalue weighted by atomic mass is 16.5. The summed E-state index contributed by atoms with van der Waals surface area (Å²) in [5.74, 6) is 0.643. The van der Waals surface area contributed by atoms with Crippen molar-refractivity contribution in [1.29, 1.82) is 0 Å². The Bertz CT molecular complexity index is 647. The summed E-state index contributed by atoms with van der Waals surface area (Å²) in [5.41, 5.74) is 2.18. The van der Waals surface area contributed by atoms with E-state index in [9.17, 15) is 9.90 Å². The second kappa shape index (κ2) is 5.34. The number of hydrogen-bond donors (Lipinski definition) is 1. The highest BCUT2D eigenvalue weighted by molar-refractivity contribution is 5.92. The summed E-state index contributed by atoms with van der Waals surface area (Å²) in [5, 5.41) is 9.40. The van der Waals surface area contributed by atoms with E-state index in [0.717, 1.165) is 24.8 Å². The van der Waals surface area contributed by atoms with Crippen LogP contribution in [0.2, 0.25) is 0 Å². The summed E-state index contributed by atoms with van der Waals surface area (Å²) in [4.78, 5) is 11.5. The van der Waals surface area contributed by atoms with E-state index in [4.69, 9.17) is 9.47 Å². The molecule has 22 heavy (non-hydrogen) atoms. The average molecular weight is 302 g/mol. The van der Waals surface area contributed by atoms with E-state index in [1.807, 2.05) is 0 Å². The first-order valence-corrected chi connectivity index (χ1v) is 7.72. The molecule has 2 atom stereocenters. The van der Waals surface area contributed by atoms with Gasteiger partial charge >= 0.3 is 5.97 Å². The third-order valence-electron chi connectivity index (χ3n) is 5.03. The molecule has 0 aromatic heterocycles. The molecule has 0 saturated carbocycles. The number of hydrogen-bond acceptors (Lipinski definition) is 3. The fourth-order valence-corrected chi connectivity index (χ4v) is 3.62. The van der Waals surface area contributed by atoms with E-state index in [2.05, 4.69) is 19.9 Å². The zero-order valence-corrected chi connectivity index (χ0v) is 13.3. The molecule has 1 unspecified atom stereocenters. The van der Waals surface area contributed by atoms with E-state index >= 15 is 0 Å². The minimum Gasteiger partial charge on any atom is -0.496 e. The van der Waals surface area contributed by atoms with Gasteiger partial charge < -0.3 is 14.6 Å². The predicted molar refractivity (Wildman–Crippen MR) is 83.8 cm³/mol. The molecule has 0 bridgehead atoms. The lowest BCUT2D eigenvalue weighted by molar-refractivity contribution is 0.0400. The number of benzene rings is 1. The largest absolute Gasteiger partial charge is 0.496 e. The lowest BCUT2D eigenvalue weighted by Crippen LogP contribution is -2.40. The highest BCUT2D eigenvalue weighted by Crippen LogP contribution is 2.48. The predicted octanol–water partition coefficient (Wildman–Crippen LogP) is 3.83. The molecule has 1 aromatic rings. The van der Waals surface area contributed by atoms with Gasteiger partial charge in [-0.25, -0.2) is 4.79 Å². The molecule has 0 amide bonds. The molecule has 4 nitrogen and oxygen atoms in total. The summed E-state index contributed by atoms with van der Waals surface area (Å²) >= 11 is 0. The molecule has 1 aliphatic carbocycles. The first-order chi connectivity index (χ1) is 10.4. The van der Waals surface area contributed by atoms with Crippen molar-refractivity contribution in [2.24, 2.45) is 5.92 Å². The molecule has 1 aromatic carbocycles. The number of methoxy groups -OCH3 is 1. The Balaban J connectivity index is 1.97. The molecule has 1 heterocycles. The van der Waals surface area contributed by atoms with Crippen molar-refractivity contribution in [3.8, 4) is 11.5 Å². The minimum absolute atomic E-state index is 0.224. The van der Waals surface area contributed by atoms with Gasteiger partial charge in [0.1, 0.15) is 22.7 Å². The standard InChI is InChI=1S/C18H22O4/c1-11-4-6-12(7-5-11)18(2)10-14-15(21-3)9-8-13(17(19)20)16(14)22-18/h4,8-9,12H,5-7,10H2,1-3H3,(H,19,20)/t12?,18-/m0/s1. The van der Waals surface area contributed by atoms with Gasteiger partial charge in [-0.1, -0.05) is 11.6 Å². The molecule has 0 spiro atoms. The Morgan fingerprint density at radius 1 is 1.45 bits per heavy atom. The summed E-state index contributed by atoms with van der Waals surface area (Å²) in [6.07, 6.45) is 6.13. The molecule has 0 radical (unpaired) electrons. The van der Waals surface area contributed by atoms with E-state index in [-0.39, 0.29) is 11.2 Å². The number of aromatic carboxylic acids is 1. The Morgan fingerprint density at radius 3 is 2.82 bits per heavy atom. The second-order valence-corrected chi connectivity index (χ2v) is 6.54. The second-order valence-electron chi connectivity index (χ2n) is 6.54. The topological polar surface area (TPSA) is 55.8 Å². The first kappa shape index (κ1) is 14.9. The Labute approximate surface area is 130 Å². The van der Waals surface area contributed by atoms with Gasteiger partial charge in [0.05, 0.1) is 7.11 Å². The molecule has 2 aliphatic rings. The molecule has 3 rings (SSSR count). The smallest absolute Gasteiger partial charge is 0.339 e. The van der Waals surface area contributed by atoms with E-state index in [0.29, 0.717) is 23.8 Å². The monoisotopic (exact) mass is 302 g/mol. The minimum atomic E-state index is -0.956. The summed E-state index contributed by atoms with van der Waals surface area (Å²) < 4.78 is 11.6. The van der Waals surface area contributed by atoms with Crippen LogP contribution in [0.15, 0.2) is 23.8 Å². The summed E-state index contributed by atoms with van der Waals surface area (Å²) in [6.45, 7) is 4.26. The zero-order chi connectivity index (χ0) is 15.9. The van der Waals surface area contributed by atoms with Crippen LogP contribution in [0.25, 0.3) is 0 Å². The van der Waals surface area contributed by atoms with Gasteiger partial charge in [-0.3, -0.25) is 0 Å². The van der Waals surface area contributed by atoms with Crippen LogP contribution in [0, 0.1) is 5.92 Å². The summed E-state index contributed by atoms with van der Waals surface area (Å²) in [6, 6.07) is 3.29. The Hall–Kier alpha value is -1.97. The van der Waals surface area contributed by atoms with Gasteiger partial charge in [-0.05, 0) is 45.2 Å². The van der Waals surface area contributed by atoms with Crippen LogP contribution in [0.1, 0.15) is 49.0 Å². The summed E-state index contributed by atoms with van der Waals surface area (Å²) in [7, 11) is 1.61. The normalized spacial score (nSPS) is 26.9. The average Bonchev–Trinajstić information content (AvgIpc) is 2.84. The van der Waals surface area contributed by atoms with Gasteiger partial charge in [0.2, 0.25) is 0 Å². The number of allylic oxidation sites excluding steroid dienone is 2. The number of carboxylic acid groups (broad SMARTS) is 1. The zero-order valence-electron chi connectivity index (χ0n) is 13.3. The van der Waals surface area contributed by atoms with Crippen LogP contribution >= 0.6 is 0 Å². The van der Waals surface area contributed by atoms with E-state index in [1.54, 1.807) is 19.2 Å². The van der Waals surface area contributed by atoms with Gasteiger partial charge in [0.25, 0.3) is 0 Å². The van der Waals surface area contributed by atoms with Crippen molar-refractivity contribution in [1.82, 2.24) is 0 Å². The number of fused-ring (bicyclic) bond motifs is 1. The van der Waals surface area contributed by atoms with Crippen LogP contribution in [-0.2, 0) is 6.42 Å². The SMILES string of the molecule is COc1ccc(C(=O)O)c2c1C[C@@](C)(C1CC=C(C)CC1)O2. The van der Waals surface area contributed by atoms with Gasteiger partial charge in [0, 0.05) is 17.9 Å². The van der Waals surface area contributed by atoms with Crippen LogP contribution in [-0.4, -0.2) is 23.8 Å². The molecule has 0 fully saturated rings. The number of carbonyl (C=O) groups is 1. The molecule has 1 aliphatic heterocycles. The maximum Gasteiger partial charge on any atom is 0.339 e. The third-order valence-corrected chi connectivity index (χ3v) is 5.03. The lowest BCUT2D eigenvalue weighted by Gasteiger charge is -2.35. The van der Waals surface area contributed by atoms with E-state index < -0.39 is 5.97 Å². The van der Waals surface area contributed by atoms with Crippen LogP contribution in [0.3, 0.4) is 0 Å². The Kier molecular flexibility index (Phi) is 3.63. The quantitative estimate of drug-likeness (QED) is 0.862. The molecule has 4 heteroatoms. The van der Waals surface area contributed by atoms with Crippen molar-refractivity contribution in [3.05, 3.63) is 34.9 Å². The van der Waals surface area contributed by atoms with Crippen molar-refractivity contribution in [2.45, 2.75) is 45.1 Å². The Morgan fingerprint density at radius 2 is 2.23 bits per heavy atom. The van der Waals surface area contributed by atoms with Crippen molar-refractivity contribution in [2.75, 3.05) is 7.11 Å². The lowest BCUT2D eigenvalue weighted by atomic mass is 9.76. The third kappa shape index (κ3) is 2.36. The van der Waals surface area contributed by atoms with E-state index in [1.165, 1.54) is 5.57 Å². The van der Waals surface area contributed by atoms with Crippen LogP contribution in [0.5, 0.6) is 11.5 Å². The fourth-order valence-electron chi connectivity index (χ4n) is 3.62. The van der Waals surface area contributed by atoms with Crippen LogP contribution < -0.4 is 9.47 Å². The van der Waals surface area contributed by atoms with Gasteiger partial charge in [-0.2, -0.15) is 0 Å². The number of rotatable bonds is 3. The number of carboxylic acids is 1. The fraction of sp³-hybridized carbons (Fsp3) is 0.500. The molecular formula is C18H22O4. The van der Waals surface area contributed by atoms with Crippen molar-refractivity contribution in [3.63, 3.8) is 0 Å². The van der Waals surface area contributed by atoms with Crippen LogP contribution in [0.4, 0.5) is 0 Å². The maximum absolute atomic E-state index is 11.5. The molecule has 0 saturated heterocycles. The van der Waals surface area contributed by atoms with Crippen molar-refractivity contribution >= 4 is 5.97 Å². The number of ether oxygens (including phenoxy) is 2. The molecule has 1 N–H and O–H groups in total. The maximum atomic E-state index is 11.5. The van der Waals surface area contributed by atoms with Gasteiger partial charge in [0.15, 0.2) is 0 Å². The molecular weight excluding hydrogens is 280 g/mol.